The Hall–Kier alpha value is -2.84. The number of phosphoric acid groups is 1. The molecule has 3 N–H and O–H groups in total. The summed E-state index contributed by atoms with van der Waals surface area (Å²) >= 11 is 0. The molecule has 9 heteroatoms. The molecule has 0 saturated carbocycles. The molecule has 0 aliphatic rings. The topological polar surface area (TPSA) is 117 Å². The molecule has 0 saturated heterocycles. The molecule has 0 rings (SSSR count). The van der Waals surface area contributed by atoms with Crippen molar-refractivity contribution in [2.24, 2.45) is 5.73 Å². The number of ether oxygens (including phenoxy) is 2. The highest BCUT2D eigenvalue weighted by Crippen LogP contribution is 2.43. The summed E-state index contributed by atoms with van der Waals surface area (Å²) in [5.74, 6) is -0.365. The van der Waals surface area contributed by atoms with Crippen LogP contribution in [0.5, 0.6) is 0 Å². The number of hydrogen-bond acceptors (Lipinski definition) is 7. The second-order valence-electron chi connectivity index (χ2n) is 14.1. The smallest absolute Gasteiger partial charge is 0.457 e. The van der Waals surface area contributed by atoms with Crippen LogP contribution in [0.1, 0.15) is 155 Å². The SMILES string of the molecule is CC/C=C\C/C=C\C/C=C\C/C=C\C/C=C\CCOCC(COP(=O)(O)OCCN)OC(=O)CCCCCCCCCCCC/C=C\C/C=C\C/C=C\C/C=C\CC. The average molecular weight is 828 g/mol. The minimum absolute atomic E-state index is 0.0533. The van der Waals surface area contributed by atoms with Crippen LogP contribution in [0.25, 0.3) is 0 Å². The zero-order valence-electron chi connectivity index (χ0n) is 36.5. The molecular weight excluding hydrogens is 746 g/mol. The fraction of sp³-hybridized carbons (Fsp3) is 0.612. The number of carbonyl (C=O) groups excluding carboxylic acids is 1. The van der Waals surface area contributed by atoms with Crippen LogP contribution in [0.15, 0.2) is 109 Å². The lowest BCUT2D eigenvalue weighted by Crippen LogP contribution is -2.28. The van der Waals surface area contributed by atoms with Gasteiger partial charge in [0.15, 0.2) is 0 Å². The zero-order valence-corrected chi connectivity index (χ0v) is 37.4. The fourth-order valence-corrected chi connectivity index (χ4v) is 6.29. The molecule has 0 aromatic heterocycles. The van der Waals surface area contributed by atoms with Crippen LogP contribution < -0.4 is 5.73 Å². The predicted molar refractivity (Wildman–Crippen MR) is 247 cm³/mol. The van der Waals surface area contributed by atoms with Gasteiger partial charge in [-0.2, -0.15) is 0 Å². The molecular formula is C49H82NO7P. The van der Waals surface area contributed by atoms with Crippen LogP contribution >= 0.6 is 7.82 Å². The third kappa shape index (κ3) is 44.3. The Labute approximate surface area is 354 Å². The molecule has 2 atom stereocenters. The van der Waals surface area contributed by atoms with E-state index in [2.05, 4.69) is 117 Å². The van der Waals surface area contributed by atoms with Crippen molar-refractivity contribution in [3.05, 3.63) is 109 Å². The van der Waals surface area contributed by atoms with Gasteiger partial charge in [0, 0.05) is 13.0 Å². The minimum Gasteiger partial charge on any atom is -0.457 e. The summed E-state index contributed by atoms with van der Waals surface area (Å²) in [4.78, 5) is 22.5. The fourth-order valence-electron chi connectivity index (χ4n) is 5.52. The first-order chi connectivity index (χ1) is 28.4. The number of esters is 1. The maximum absolute atomic E-state index is 12.6. The molecule has 0 amide bonds. The molecule has 0 aromatic rings. The van der Waals surface area contributed by atoms with Crippen LogP contribution in [0.3, 0.4) is 0 Å². The first kappa shape index (κ1) is 55.2. The van der Waals surface area contributed by atoms with E-state index in [0.29, 0.717) is 13.0 Å². The Kier molecular flexibility index (Phi) is 43.0. The highest BCUT2D eigenvalue weighted by Gasteiger charge is 2.25. The largest absolute Gasteiger partial charge is 0.472 e. The van der Waals surface area contributed by atoms with Gasteiger partial charge >= 0.3 is 13.8 Å². The molecule has 8 nitrogen and oxygen atoms in total. The zero-order chi connectivity index (χ0) is 42.3. The van der Waals surface area contributed by atoms with E-state index >= 15 is 0 Å². The first-order valence-electron chi connectivity index (χ1n) is 22.4. The van der Waals surface area contributed by atoms with E-state index in [0.717, 1.165) is 83.5 Å². The number of carbonyl (C=O) groups is 1. The number of nitrogens with two attached hydrogens (primary N) is 1. The quantitative estimate of drug-likeness (QED) is 0.0271. The Bertz CT molecular complexity index is 1250. The van der Waals surface area contributed by atoms with Crippen molar-refractivity contribution >= 4 is 13.8 Å². The van der Waals surface area contributed by atoms with Gasteiger partial charge in [-0.15, -0.1) is 0 Å². The second kappa shape index (κ2) is 45.2. The van der Waals surface area contributed by atoms with Gasteiger partial charge in [-0.3, -0.25) is 13.8 Å². The molecule has 0 fully saturated rings. The van der Waals surface area contributed by atoms with E-state index < -0.39 is 13.9 Å². The molecule has 330 valence electrons. The van der Waals surface area contributed by atoms with Crippen LogP contribution in [0, 0.1) is 0 Å². The van der Waals surface area contributed by atoms with Crippen molar-refractivity contribution < 1.29 is 32.8 Å². The standard InChI is InChI=1S/C49H82NO7P/c1-3-5-7-9-11-13-15-17-19-21-22-23-24-25-26-27-28-30-32-34-36-38-40-42-49(51)57-48(47-56-58(52,53)55-45-43-50)46-54-44-41-39-37-35-33-31-29-20-18-16-14-12-10-8-6-4-2/h5-8,11-14,17-20,22-23,31,33,37,39,48H,3-4,9-10,15-16,21,24-30,32,34-36,38,40-47,50H2,1-2H3,(H,52,53)/b7-5-,8-6-,13-11-,14-12-,19-17-,20-18-,23-22-,33-31-,39-37-. The van der Waals surface area contributed by atoms with Crippen molar-refractivity contribution in [2.75, 3.05) is 33.0 Å². The monoisotopic (exact) mass is 828 g/mol. The van der Waals surface area contributed by atoms with Gasteiger partial charge in [0.05, 0.1) is 26.4 Å². The molecule has 0 spiro atoms. The summed E-state index contributed by atoms with van der Waals surface area (Å²) in [5.41, 5.74) is 5.37. The Morgan fingerprint density at radius 2 is 0.914 bits per heavy atom. The van der Waals surface area contributed by atoms with Crippen molar-refractivity contribution in [2.45, 2.75) is 161 Å². The molecule has 0 aliphatic carbocycles. The van der Waals surface area contributed by atoms with Gasteiger partial charge in [-0.1, -0.05) is 175 Å². The van der Waals surface area contributed by atoms with E-state index in [1.165, 1.54) is 44.9 Å². The van der Waals surface area contributed by atoms with Crippen LogP contribution in [0.2, 0.25) is 0 Å². The van der Waals surface area contributed by atoms with Crippen LogP contribution in [0.4, 0.5) is 0 Å². The third-order valence-electron chi connectivity index (χ3n) is 8.70. The highest BCUT2D eigenvalue weighted by atomic mass is 31.2. The molecule has 0 aromatic carbocycles. The van der Waals surface area contributed by atoms with Gasteiger partial charge < -0.3 is 20.1 Å². The third-order valence-corrected chi connectivity index (χ3v) is 9.69. The van der Waals surface area contributed by atoms with Crippen molar-refractivity contribution in [1.29, 1.82) is 0 Å². The van der Waals surface area contributed by atoms with E-state index in [1.807, 2.05) is 6.08 Å². The van der Waals surface area contributed by atoms with E-state index in [4.69, 9.17) is 24.3 Å². The summed E-state index contributed by atoms with van der Waals surface area (Å²) in [5, 5.41) is 0. The summed E-state index contributed by atoms with van der Waals surface area (Å²) < 4.78 is 33.3. The molecule has 2 unspecified atom stereocenters. The Balaban J connectivity index is 4.12. The lowest BCUT2D eigenvalue weighted by atomic mass is 10.0. The summed E-state index contributed by atoms with van der Waals surface area (Å²) in [6, 6.07) is 0. The van der Waals surface area contributed by atoms with Crippen LogP contribution in [-0.2, 0) is 27.9 Å². The maximum atomic E-state index is 12.6. The number of rotatable bonds is 41. The summed E-state index contributed by atoms with van der Waals surface area (Å²) in [7, 11) is -4.31. The Morgan fingerprint density at radius 1 is 0.517 bits per heavy atom. The molecule has 0 aliphatic heterocycles. The molecule has 0 radical (unpaired) electrons. The number of hydrogen-bond donors (Lipinski definition) is 2. The van der Waals surface area contributed by atoms with Crippen molar-refractivity contribution in [1.82, 2.24) is 0 Å². The minimum atomic E-state index is -4.31. The average Bonchev–Trinajstić information content (AvgIpc) is 3.21. The van der Waals surface area contributed by atoms with Gasteiger partial charge in [-0.05, 0) is 83.5 Å². The van der Waals surface area contributed by atoms with Gasteiger partial charge in [-0.25, -0.2) is 4.57 Å². The second-order valence-corrected chi connectivity index (χ2v) is 15.6. The van der Waals surface area contributed by atoms with E-state index in [9.17, 15) is 14.3 Å². The number of unbranched alkanes of at least 4 members (excludes halogenated alkanes) is 10. The molecule has 0 heterocycles. The highest BCUT2D eigenvalue weighted by molar-refractivity contribution is 7.47. The Morgan fingerprint density at radius 3 is 1.36 bits per heavy atom. The first-order valence-corrected chi connectivity index (χ1v) is 23.9. The summed E-state index contributed by atoms with van der Waals surface area (Å²) in [6.45, 7) is 4.43. The van der Waals surface area contributed by atoms with Crippen molar-refractivity contribution in [3.8, 4) is 0 Å². The van der Waals surface area contributed by atoms with Gasteiger partial charge in [0.25, 0.3) is 0 Å². The van der Waals surface area contributed by atoms with Crippen molar-refractivity contribution in [3.63, 3.8) is 0 Å². The van der Waals surface area contributed by atoms with Gasteiger partial charge in [0.1, 0.15) is 6.10 Å². The number of phosphoric ester groups is 1. The maximum Gasteiger partial charge on any atom is 0.472 e. The molecule has 0 bridgehead atoms. The number of allylic oxidation sites excluding steroid dienone is 17. The van der Waals surface area contributed by atoms with Crippen LogP contribution in [-0.4, -0.2) is 49.9 Å². The van der Waals surface area contributed by atoms with E-state index in [1.54, 1.807) is 0 Å². The molecule has 58 heavy (non-hydrogen) atoms. The predicted octanol–water partition coefficient (Wildman–Crippen LogP) is 13.6. The van der Waals surface area contributed by atoms with E-state index in [-0.39, 0.29) is 38.8 Å². The lowest BCUT2D eigenvalue weighted by molar-refractivity contribution is -0.154. The van der Waals surface area contributed by atoms with Gasteiger partial charge in [0.2, 0.25) is 0 Å². The lowest BCUT2D eigenvalue weighted by Gasteiger charge is -2.19. The normalized spacial score (nSPS) is 14.5. The summed E-state index contributed by atoms with van der Waals surface area (Å²) in [6.07, 6.45) is 61.3.